The number of hydrogen-bond acceptors (Lipinski definition) is 4. The van der Waals surface area contributed by atoms with Gasteiger partial charge < -0.3 is 15.0 Å². The molecule has 0 aliphatic rings. The molecule has 0 unspecified atom stereocenters. The molecule has 0 radical (unpaired) electrons. The maximum Gasteiger partial charge on any atom is 0.408 e. The van der Waals surface area contributed by atoms with Crippen LogP contribution in [-0.4, -0.2) is 39.1 Å². The van der Waals surface area contributed by atoms with Crippen LogP contribution in [0.3, 0.4) is 0 Å². The van der Waals surface area contributed by atoms with Gasteiger partial charge in [-0.2, -0.15) is 4.68 Å². The standard InChI is InChI=1S/C8H11ClN4O3/c1-3-11(2)7(14)5-12-4-6(9)8(10-12)13(15)16/h4H,3,5H2,1-2H3. The van der Waals surface area contributed by atoms with E-state index < -0.39 is 10.7 Å². The lowest BCUT2D eigenvalue weighted by Gasteiger charge is -2.12. The number of halogens is 1. The van der Waals surface area contributed by atoms with Gasteiger partial charge in [-0.1, -0.05) is 11.6 Å². The van der Waals surface area contributed by atoms with E-state index in [2.05, 4.69) is 5.10 Å². The first-order valence-corrected chi connectivity index (χ1v) is 4.94. The molecular weight excluding hydrogens is 236 g/mol. The smallest absolute Gasteiger partial charge is 0.358 e. The predicted molar refractivity (Wildman–Crippen MR) is 57.2 cm³/mol. The third kappa shape index (κ3) is 2.69. The molecule has 16 heavy (non-hydrogen) atoms. The van der Waals surface area contributed by atoms with Crippen LogP contribution in [0.5, 0.6) is 0 Å². The van der Waals surface area contributed by atoms with Gasteiger partial charge in [-0.25, -0.2) is 0 Å². The van der Waals surface area contributed by atoms with Crippen molar-refractivity contribution in [2.45, 2.75) is 13.5 Å². The molecule has 7 nitrogen and oxygen atoms in total. The predicted octanol–water partition coefficient (Wildman–Crippen LogP) is 0.923. The molecule has 0 aliphatic carbocycles. The number of carbonyl (C=O) groups is 1. The van der Waals surface area contributed by atoms with Crippen LogP contribution in [0.2, 0.25) is 5.02 Å². The van der Waals surface area contributed by atoms with Gasteiger partial charge in [-0.05, 0) is 11.8 Å². The van der Waals surface area contributed by atoms with Crippen LogP contribution in [0.4, 0.5) is 5.82 Å². The molecule has 8 heteroatoms. The topological polar surface area (TPSA) is 81.3 Å². The van der Waals surface area contributed by atoms with Gasteiger partial charge in [0, 0.05) is 13.6 Å². The highest BCUT2D eigenvalue weighted by molar-refractivity contribution is 6.32. The fourth-order valence-corrected chi connectivity index (χ4v) is 1.25. The molecule has 1 aromatic heterocycles. The van der Waals surface area contributed by atoms with E-state index in [-0.39, 0.29) is 17.5 Å². The van der Waals surface area contributed by atoms with E-state index in [1.165, 1.54) is 11.1 Å². The van der Waals surface area contributed by atoms with Crippen molar-refractivity contribution in [1.82, 2.24) is 14.7 Å². The lowest BCUT2D eigenvalue weighted by molar-refractivity contribution is -0.389. The number of nitrogens with zero attached hydrogens (tertiary/aromatic N) is 4. The Morgan fingerprint density at radius 3 is 2.81 bits per heavy atom. The number of carbonyl (C=O) groups excluding carboxylic acids is 1. The molecule has 0 aromatic carbocycles. The van der Waals surface area contributed by atoms with Crippen LogP contribution in [0.15, 0.2) is 6.20 Å². The van der Waals surface area contributed by atoms with Gasteiger partial charge in [0.15, 0.2) is 5.02 Å². The minimum Gasteiger partial charge on any atom is -0.358 e. The summed E-state index contributed by atoms with van der Waals surface area (Å²) >= 11 is 5.59. The third-order valence-corrected chi connectivity index (χ3v) is 2.34. The number of rotatable bonds is 4. The van der Waals surface area contributed by atoms with Crippen molar-refractivity contribution < 1.29 is 9.72 Å². The van der Waals surface area contributed by atoms with Crippen LogP contribution < -0.4 is 0 Å². The fraction of sp³-hybridized carbons (Fsp3) is 0.500. The number of amides is 1. The highest BCUT2D eigenvalue weighted by atomic mass is 35.5. The lowest BCUT2D eigenvalue weighted by Crippen LogP contribution is -2.30. The molecule has 0 aliphatic heterocycles. The molecule has 0 bridgehead atoms. The molecule has 0 spiro atoms. The highest BCUT2D eigenvalue weighted by Gasteiger charge is 2.20. The first-order chi connectivity index (χ1) is 7.45. The SMILES string of the molecule is CCN(C)C(=O)Cn1cc(Cl)c([N+](=O)[O-])n1. The van der Waals surface area contributed by atoms with E-state index in [1.807, 2.05) is 6.92 Å². The van der Waals surface area contributed by atoms with Gasteiger partial charge in [-0.3, -0.25) is 4.79 Å². The van der Waals surface area contributed by atoms with Crippen molar-refractivity contribution in [3.05, 3.63) is 21.3 Å². The highest BCUT2D eigenvalue weighted by Crippen LogP contribution is 2.21. The summed E-state index contributed by atoms with van der Waals surface area (Å²) in [4.78, 5) is 22.7. The molecular formula is C8H11ClN4O3. The zero-order valence-corrected chi connectivity index (χ0v) is 9.64. The summed E-state index contributed by atoms with van der Waals surface area (Å²) in [5.41, 5.74) is 0. The second-order valence-electron chi connectivity index (χ2n) is 3.16. The Balaban J connectivity index is 2.79. The molecule has 1 aromatic rings. The molecule has 0 saturated heterocycles. The van der Waals surface area contributed by atoms with E-state index in [4.69, 9.17) is 11.6 Å². The molecule has 1 rings (SSSR count). The molecule has 1 heterocycles. The van der Waals surface area contributed by atoms with Crippen molar-refractivity contribution in [3.8, 4) is 0 Å². The van der Waals surface area contributed by atoms with Crippen molar-refractivity contribution in [2.75, 3.05) is 13.6 Å². The van der Waals surface area contributed by atoms with Crippen LogP contribution in [-0.2, 0) is 11.3 Å². The largest absolute Gasteiger partial charge is 0.408 e. The van der Waals surface area contributed by atoms with E-state index in [0.717, 1.165) is 4.68 Å². The Morgan fingerprint density at radius 1 is 1.75 bits per heavy atom. The molecule has 0 N–H and O–H groups in total. The van der Waals surface area contributed by atoms with Gasteiger partial charge in [0.2, 0.25) is 5.91 Å². The number of nitro groups is 1. The van der Waals surface area contributed by atoms with Crippen molar-refractivity contribution in [1.29, 1.82) is 0 Å². The second kappa shape index (κ2) is 4.93. The number of hydrogen-bond donors (Lipinski definition) is 0. The molecule has 88 valence electrons. The summed E-state index contributed by atoms with van der Waals surface area (Å²) in [6.45, 7) is 2.34. The Labute approximate surface area is 96.7 Å². The number of likely N-dealkylation sites (N-methyl/N-ethyl adjacent to an activating group) is 1. The molecule has 0 fully saturated rings. The van der Waals surface area contributed by atoms with Crippen molar-refractivity contribution >= 4 is 23.3 Å². The first-order valence-electron chi connectivity index (χ1n) is 4.57. The van der Waals surface area contributed by atoms with Crippen LogP contribution in [0, 0.1) is 10.1 Å². The average molecular weight is 247 g/mol. The van der Waals surface area contributed by atoms with Gasteiger partial charge in [0.05, 0.1) is 11.3 Å². The third-order valence-electron chi connectivity index (χ3n) is 2.07. The molecule has 0 atom stereocenters. The Morgan fingerprint density at radius 2 is 2.38 bits per heavy atom. The summed E-state index contributed by atoms with van der Waals surface area (Å²) in [5, 5.41) is 14.0. The van der Waals surface area contributed by atoms with Gasteiger partial charge in [-0.15, -0.1) is 0 Å². The Hall–Kier alpha value is -1.63. The monoisotopic (exact) mass is 246 g/mol. The van der Waals surface area contributed by atoms with E-state index in [1.54, 1.807) is 7.05 Å². The summed E-state index contributed by atoms with van der Waals surface area (Å²) < 4.78 is 1.16. The zero-order chi connectivity index (χ0) is 12.3. The van der Waals surface area contributed by atoms with Gasteiger partial charge in [0.25, 0.3) is 0 Å². The van der Waals surface area contributed by atoms with Crippen LogP contribution in [0.1, 0.15) is 6.92 Å². The zero-order valence-electron chi connectivity index (χ0n) is 8.88. The fourth-order valence-electron chi connectivity index (χ4n) is 1.03. The van der Waals surface area contributed by atoms with Crippen molar-refractivity contribution in [3.63, 3.8) is 0 Å². The van der Waals surface area contributed by atoms with Crippen LogP contribution in [0.25, 0.3) is 0 Å². The van der Waals surface area contributed by atoms with Gasteiger partial charge in [0.1, 0.15) is 6.54 Å². The molecule has 1 amide bonds. The summed E-state index contributed by atoms with van der Waals surface area (Å²) in [5.74, 6) is -0.620. The van der Waals surface area contributed by atoms with Crippen molar-refractivity contribution in [2.24, 2.45) is 0 Å². The van der Waals surface area contributed by atoms with E-state index in [9.17, 15) is 14.9 Å². The quantitative estimate of drug-likeness (QED) is 0.584. The minimum atomic E-state index is -0.688. The summed E-state index contributed by atoms with van der Waals surface area (Å²) in [6, 6.07) is 0. The number of aromatic nitrogens is 2. The van der Waals surface area contributed by atoms with Crippen LogP contribution >= 0.6 is 11.6 Å². The normalized spacial score (nSPS) is 10.2. The lowest BCUT2D eigenvalue weighted by atomic mass is 10.5. The first kappa shape index (κ1) is 12.4. The summed E-state index contributed by atoms with van der Waals surface area (Å²) in [7, 11) is 1.64. The Kier molecular flexibility index (Phi) is 3.83. The van der Waals surface area contributed by atoms with E-state index in [0.29, 0.717) is 6.54 Å². The maximum absolute atomic E-state index is 11.5. The summed E-state index contributed by atoms with van der Waals surface area (Å²) in [6.07, 6.45) is 1.26. The maximum atomic E-state index is 11.5. The minimum absolute atomic E-state index is 0.0576. The molecule has 0 saturated carbocycles. The van der Waals surface area contributed by atoms with Gasteiger partial charge >= 0.3 is 5.82 Å². The Bertz CT molecular complexity index is 417. The second-order valence-corrected chi connectivity index (χ2v) is 3.57. The van der Waals surface area contributed by atoms with E-state index >= 15 is 0 Å². The average Bonchev–Trinajstić information content (AvgIpc) is 2.58.